The van der Waals surface area contributed by atoms with E-state index in [2.05, 4.69) is 5.43 Å². The Morgan fingerprint density at radius 3 is 2.50 bits per heavy atom. The lowest BCUT2D eigenvalue weighted by atomic mass is 10.1. The summed E-state index contributed by atoms with van der Waals surface area (Å²) in [5.41, 5.74) is 7.94. The van der Waals surface area contributed by atoms with Crippen molar-refractivity contribution in [3.63, 3.8) is 0 Å². The van der Waals surface area contributed by atoms with Crippen LogP contribution in [0.15, 0.2) is 77.2 Å². The van der Waals surface area contributed by atoms with Gasteiger partial charge in [-0.1, -0.05) is 30.3 Å². The first-order chi connectivity index (χ1) is 13.6. The summed E-state index contributed by atoms with van der Waals surface area (Å²) in [5, 5.41) is 21.7. The third-order valence-corrected chi connectivity index (χ3v) is 4.29. The minimum absolute atomic E-state index is 0.558. The molecule has 140 valence electrons. The molecule has 0 aliphatic heterocycles. The van der Waals surface area contributed by atoms with E-state index in [9.17, 15) is 10.0 Å². The molecule has 4 rings (SSSR count). The van der Waals surface area contributed by atoms with E-state index in [-0.39, 0.29) is 0 Å². The van der Waals surface area contributed by atoms with Crippen molar-refractivity contribution in [1.29, 1.82) is 0 Å². The van der Waals surface area contributed by atoms with E-state index in [1.807, 2.05) is 36.4 Å². The summed E-state index contributed by atoms with van der Waals surface area (Å²) in [4.78, 5) is 11.0. The van der Waals surface area contributed by atoms with Crippen LogP contribution in [0, 0.1) is 0 Å². The molecule has 0 saturated carbocycles. The summed E-state index contributed by atoms with van der Waals surface area (Å²) < 4.78 is 5.80. The number of hydrazine groups is 1. The maximum Gasteiger partial charge on any atom is 0.267 e. The molecule has 0 aliphatic carbocycles. The summed E-state index contributed by atoms with van der Waals surface area (Å²) >= 11 is 0. The molecule has 0 unspecified atom stereocenters. The number of para-hydroxylation sites is 1. The number of nitrogens with zero attached hydrogens (tertiary/aromatic N) is 1. The summed E-state index contributed by atoms with van der Waals surface area (Å²) in [7, 11) is 0. The Morgan fingerprint density at radius 2 is 1.71 bits per heavy atom. The highest BCUT2D eigenvalue weighted by molar-refractivity contribution is 6.05. The smallest absolute Gasteiger partial charge is 0.267 e. The second-order valence-corrected chi connectivity index (χ2v) is 6.13. The fourth-order valence-corrected chi connectivity index (χ4v) is 2.91. The molecule has 1 amide bonds. The van der Waals surface area contributed by atoms with Crippen molar-refractivity contribution in [2.45, 2.75) is 0 Å². The van der Waals surface area contributed by atoms with Crippen LogP contribution in [-0.2, 0) is 4.79 Å². The maximum absolute atomic E-state index is 11.0. The number of benzene rings is 3. The van der Waals surface area contributed by atoms with Crippen molar-refractivity contribution >= 4 is 45.3 Å². The van der Waals surface area contributed by atoms with E-state index in [1.54, 1.807) is 36.4 Å². The molecule has 0 aliphatic rings. The predicted molar refractivity (Wildman–Crippen MR) is 107 cm³/mol. The Balaban J connectivity index is 1.53. The van der Waals surface area contributed by atoms with Crippen LogP contribution in [0.25, 0.3) is 28.0 Å². The number of hydroxylamine groups is 1. The van der Waals surface area contributed by atoms with Crippen molar-refractivity contribution < 1.29 is 19.6 Å². The van der Waals surface area contributed by atoms with Crippen LogP contribution in [0.3, 0.4) is 0 Å². The van der Waals surface area contributed by atoms with Crippen LogP contribution in [0.2, 0.25) is 0 Å². The van der Waals surface area contributed by atoms with Gasteiger partial charge in [0, 0.05) is 16.8 Å². The molecule has 7 nitrogen and oxygen atoms in total. The number of amides is 1. The molecular formula is C21H17N3O4. The number of fused-ring (bicyclic) bond motifs is 3. The molecule has 0 spiro atoms. The first kappa shape index (κ1) is 17.6. The van der Waals surface area contributed by atoms with E-state index in [1.165, 1.54) is 11.6 Å². The zero-order chi connectivity index (χ0) is 19.5. The number of rotatable bonds is 5. The minimum Gasteiger partial charge on any atom is -0.456 e. The van der Waals surface area contributed by atoms with Gasteiger partial charge in [0.05, 0.1) is 11.4 Å². The van der Waals surface area contributed by atoms with Crippen LogP contribution in [-0.4, -0.2) is 16.3 Å². The van der Waals surface area contributed by atoms with Gasteiger partial charge in [-0.15, -0.1) is 0 Å². The largest absolute Gasteiger partial charge is 0.456 e. The van der Waals surface area contributed by atoms with E-state index in [4.69, 9.17) is 9.62 Å². The zero-order valence-corrected chi connectivity index (χ0v) is 14.7. The number of hydrogen-bond donors (Lipinski definition) is 4. The second kappa shape index (κ2) is 7.43. The second-order valence-electron chi connectivity index (χ2n) is 6.13. The highest BCUT2D eigenvalue weighted by Gasteiger charge is 2.10. The van der Waals surface area contributed by atoms with E-state index < -0.39 is 5.91 Å². The molecule has 0 radical (unpaired) electrons. The fourth-order valence-electron chi connectivity index (χ4n) is 2.91. The number of hydrogen-bond acceptors (Lipinski definition) is 6. The van der Waals surface area contributed by atoms with E-state index in [0.717, 1.165) is 32.7 Å². The molecule has 0 saturated heterocycles. The van der Waals surface area contributed by atoms with Gasteiger partial charge in [0.15, 0.2) is 0 Å². The number of carbonyl (C=O) groups is 1. The number of carbonyl (C=O) groups excluding carboxylic acids is 1. The SMILES string of the molecule is O=C(/C=C/c1ccc(NN(O)c2ccc3oc4ccccc4c3c2)cc1)NO. The quantitative estimate of drug-likeness (QED) is 0.235. The molecule has 4 aromatic rings. The highest BCUT2D eigenvalue weighted by Crippen LogP contribution is 2.31. The lowest BCUT2D eigenvalue weighted by molar-refractivity contribution is -0.124. The average Bonchev–Trinajstić information content (AvgIpc) is 3.11. The Hall–Kier alpha value is -3.81. The number of nitrogens with one attached hydrogen (secondary N) is 2. The third-order valence-electron chi connectivity index (χ3n) is 4.29. The molecule has 1 heterocycles. The monoisotopic (exact) mass is 375 g/mol. The molecular weight excluding hydrogens is 358 g/mol. The Kier molecular flexibility index (Phi) is 4.67. The van der Waals surface area contributed by atoms with Gasteiger partial charge in [-0.25, -0.2) is 5.48 Å². The van der Waals surface area contributed by atoms with Crippen LogP contribution in [0.5, 0.6) is 0 Å². The Labute approximate surface area is 160 Å². The van der Waals surface area contributed by atoms with Gasteiger partial charge in [-0.3, -0.25) is 20.6 Å². The molecule has 4 N–H and O–H groups in total. The fraction of sp³-hybridized carbons (Fsp3) is 0. The van der Waals surface area contributed by atoms with Gasteiger partial charge in [0.1, 0.15) is 11.2 Å². The molecule has 0 atom stereocenters. The van der Waals surface area contributed by atoms with Crippen molar-refractivity contribution in [3.8, 4) is 0 Å². The van der Waals surface area contributed by atoms with Crippen molar-refractivity contribution in [3.05, 3.63) is 78.4 Å². The number of furan rings is 1. The lowest BCUT2D eigenvalue weighted by Gasteiger charge is -2.19. The van der Waals surface area contributed by atoms with Gasteiger partial charge in [-0.2, -0.15) is 5.17 Å². The summed E-state index contributed by atoms with van der Waals surface area (Å²) in [6.07, 6.45) is 2.77. The van der Waals surface area contributed by atoms with Gasteiger partial charge in [0.2, 0.25) is 0 Å². The first-order valence-corrected chi connectivity index (χ1v) is 8.53. The Morgan fingerprint density at radius 1 is 0.964 bits per heavy atom. The van der Waals surface area contributed by atoms with Crippen LogP contribution in [0.1, 0.15) is 5.56 Å². The molecule has 0 bridgehead atoms. The van der Waals surface area contributed by atoms with Crippen molar-refractivity contribution in [2.24, 2.45) is 0 Å². The Bertz CT molecular complexity index is 1170. The van der Waals surface area contributed by atoms with Gasteiger partial charge in [0.25, 0.3) is 5.91 Å². The summed E-state index contributed by atoms with van der Waals surface area (Å²) in [6, 6.07) is 20.2. The predicted octanol–water partition coefficient (Wildman–Crippen LogP) is 4.33. The molecule has 3 aromatic carbocycles. The number of anilines is 2. The van der Waals surface area contributed by atoms with Gasteiger partial charge < -0.3 is 4.42 Å². The standard InChI is InChI=1S/C21H17N3O4/c25-21(23-26)12-7-14-5-8-15(9-6-14)22-24(27)16-10-11-20-18(13-16)17-3-1-2-4-19(17)28-20/h1-13,22,26-27H,(H,23,25)/b12-7+. The minimum atomic E-state index is -0.606. The lowest BCUT2D eigenvalue weighted by Crippen LogP contribution is -2.25. The molecule has 1 aromatic heterocycles. The first-order valence-electron chi connectivity index (χ1n) is 8.53. The normalized spacial score (nSPS) is 11.2. The average molecular weight is 375 g/mol. The van der Waals surface area contributed by atoms with Gasteiger partial charge in [-0.05, 0) is 48.0 Å². The third kappa shape index (κ3) is 3.52. The zero-order valence-electron chi connectivity index (χ0n) is 14.7. The topological polar surface area (TPSA) is 98.0 Å². The van der Waals surface area contributed by atoms with Crippen molar-refractivity contribution in [1.82, 2.24) is 5.48 Å². The van der Waals surface area contributed by atoms with E-state index in [0.29, 0.717) is 11.4 Å². The van der Waals surface area contributed by atoms with Gasteiger partial charge >= 0.3 is 0 Å². The van der Waals surface area contributed by atoms with Crippen LogP contribution in [0.4, 0.5) is 11.4 Å². The summed E-state index contributed by atoms with van der Waals surface area (Å²) in [6.45, 7) is 0. The molecule has 0 fully saturated rings. The molecule has 28 heavy (non-hydrogen) atoms. The van der Waals surface area contributed by atoms with Crippen molar-refractivity contribution in [2.75, 3.05) is 10.6 Å². The van der Waals surface area contributed by atoms with Crippen LogP contribution < -0.4 is 16.1 Å². The molecule has 7 heteroatoms. The summed E-state index contributed by atoms with van der Waals surface area (Å²) in [5.74, 6) is -0.606. The maximum atomic E-state index is 11.0. The van der Waals surface area contributed by atoms with E-state index >= 15 is 0 Å². The van der Waals surface area contributed by atoms with Crippen LogP contribution >= 0.6 is 0 Å². The highest BCUT2D eigenvalue weighted by atomic mass is 16.5.